The largest absolute Gasteiger partial charge is 0.486 e. The average molecular weight is 414 g/mol. The number of rotatable bonds is 4. The van der Waals surface area contributed by atoms with Crippen LogP contribution in [0.15, 0.2) is 45.8 Å². The molecule has 0 amide bonds. The number of hydrogen-bond donors (Lipinski definition) is 0. The molecule has 0 atom stereocenters. The third kappa shape index (κ3) is 4.32. The highest BCUT2D eigenvalue weighted by molar-refractivity contribution is 9.10. The lowest BCUT2D eigenvalue weighted by Crippen LogP contribution is -2.02. The summed E-state index contributed by atoms with van der Waals surface area (Å²) in [5, 5.41) is 0.103. The lowest BCUT2D eigenvalue weighted by Gasteiger charge is -2.12. The highest BCUT2D eigenvalue weighted by atomic mass is 79.9. The van der Waals surface area contributed by atoms with E-state index in [9.17, 15) is 12.8 Å². The Kier molecular flexibility index (Phi) is 5.14. The summed E-state index contributed by atoms with van der Waals surface area (Å²) in [6.07, 6.45) is 0. The summed E-state index contributed by atoms with van der Waals surface area (Å²) in [5.74, 6) is -0.413. The standard InChI is InChI=1S/C13H8BrCl2FO3S/c14-9-5-11(15)13(12(6-9)21(16,18)19)20-7-8-1-3-10(17)4-2-8/h1-6H,7H2. The lowest BCUT2D eigenvalue weighted by molar-refractivity contribution is 0.298. The van der Waals surface area contributed by atoms with Crippen molar-refractivity contribution in [3.63, 3.8) is 0 Å². The molecular weight excluding hydrogens is 406 g/mol. The van der Waals surface area contributed by atoms with Crippen LogP contribution < -0.4 is 4.74 Å². The molecular formula is C13H8BrCl2FO3S. The summed E-state index contributed by atoms with van der Waals surface area (Å²) >= 11 is 9.13. The van der Waals surface area contributed by atoms with Gasteiger partial charge < -0.3 is 4.74 Å². The molecule has 0 radical (unpaired) electrons. The van der Waals surface area contributed by atoms with Gasteiger partial charge in [-0.05, 0) is 29.8 Å². The Morgan fingerprint density at radius 1 is 1.19 bits per heavy atom. The molecule has 0 fully saturated rings. The minimum absolute atomic E-state index is 0.0288. The van der Waals surface area contributed by atoms with E-state index in [1.54, 1.807) is 0 Å². The molecule has 0 N–H and O–H groups in total. The molecule has 0 saturated heterocycles. The van der Waals surface area contributed by atoms with E-state index < -0.39 is 9.05 Å². The zero-order valence-electron chi connectivity index (χ0n) is 10.3. The monoisotopic (exact) mass is 412 g/mol. The van der Waals surface area contributed by atoms with Gasteiger partial charge in [0, 0.05) is 15.2 Å². The van der Waals surface area contributed by atoms with Gasteiger partial charge >= 0.3 is 0 Å². The second-order valence-electron chi connectivity index (χ2n) is 4.07. The van der Waals surface area contributed by atoms with E-state index >= 15 is 0 Å². The number of ether oxygens (including phenoxy) is 1. The lowest BCUT2D eigenvalue weighted by atomic mass is 10.2. The van der Waals surface area contributed by atoms with Crippen LogP contribution in [0, 0.1) is 5.82 Å². The van der Waals surface area contributed by atoms with Gasteiger partial charge in [-0.25, -0.2) is 12.8 Å². The first-order valence-corrected chi connectivity index (χ1v) is 9.06. The van der Waals surface area contributed by atoms with Crippen LogP contribution in [0.25, 0.3) is 0 Å². The van der Waals surface area contributed by atoms with Crippen LogP contribution in [0.5, 0.6) is 5.75 Å². The van der Waals surface area contributed by atoms with Crippen molar-refractivity contribution in [1.82, 2.24) is 0 Å². The highest BCUT2D eigenvalue weighted by Gasteiger charge is 2.21. The summed E-state index contributed by atoms with van der Waals surface area (Å²) in [5.41, 5.74) is 0.660. The molecule has 0 bridgehead atoms. The summed E-state index contributed by atoms with van der Waals surface area (Å²) < 4.78 is 41.9. The van der Waals surface area contributed by atoms with Crippen molar-refractivity contribution in [3.8, 4) is 5.75 Å². The molecule has 21 heavy (non-hydrogen) atoms. The van der Waals surface area contributed by atoms with Crippen LogP contribution in [-0.4, -0.2) is 8.42 Å². The van der Waals surface area contributed by atoms with Crippen molar-refractivity contribution in [1.29, 1.82) is 0 Å². The molecule has 112 valence electrons. The average Bonchev–Trinajstić information content (AvgIpc) is 2.38. The van der Waals surface area contributed by atoms with Crippen LogP contribution in [0.1, 0.15) is 5.56 Å². The van der Waals surface area contributed by atoms with Gasteiger partial charge in [0.25, 0.3) is 9.05 Å². The Hall–Kier alpha value is -0.820. The molecule has 2 aromatic carbocycles. The number of benzene rings is 2. The maximum absolute atomic E-state index is 12.8. The predicted molar refractivity (Wildman–Crippen MR) is 82.9 cm³/mol. The smallest absolute Gasteiger partial charge is 0.265 e. The topological polar surface area (TPSA) is 43.4 Å². The van der Waals surface area contributed by atoms with Crippen molar-refractivity contribution < 1.29 is 17.5 Å². The SMILES string of the molecule is O=S(=O)(Cl)c1cc(Br)cc(Cl)c1OCc1ccc(F)cc1. The van der Waals surface area contributed by atoms with Gasteiger partial charge in [0.2, 0.25) is 0 Å². The second kappa shape index (κ2) is 6.52. The van der Waals surface area contributed by atoms with E-state index in [4.69, 9.17) is 27.0 Å². The van der Waals surface area contributed by atoms with Crippen LogP contribution in [-0.2, 0) is 15.7 Å². The molecule has 2 rings (SSSR count). The Balaban J connectivity index is 2.33. The van der Waals surface area contributed by atoms with Crippen LogP contribution >= 0.6 is 38.2 Å². The third-order valence-electron chi connectivity index (χ3n) is 2.53. The zero-order chi connectivity index (χ0) is 15.6. The van der Waals surface area contributed by atoms with Crippen molar-refractivity contribution in [3.05, 3.63) is 57.3 Å². The Morgan fingerprint density at radius 2 is 1.81 bits per heavy atom. The second-order valence-corrected chi connectivity index (χ2v) is 7.93. The quantitative estimate of drug-likeness (QED) is 0.679. The van der Waals surface area contributed by atoms with Gasteiger partial charge in [-0.15, -0.1) is 0 Å². The summed E-state index contributed by atoms with van der Waals surface area (Å²) in [6, 6.07) is 8.40. The van der Waals surface area contributed by atoms with Gasteiger partial charge in [-0.1, -0.05) is 39.7 Å². The van der Waals surface area contributed by atoms with Gasteiger partial charge in [0.1, 0.15) is 17.3 Å². The molecule has 0 heterocycles. The molecule has 0 aliphatic rings. The fraction of sp³-hybridized carbons (Fsp3) is 0.0769. The third-order valence-corrected chi connectivity index (χ3v) is 4.60. The molecule has 2 aromatic rings. The Morgan fingerprint density at radius 3 is 2.38 bits per heavy atom. The van der Waals surface area contributed by atoms with E-state index in [2.05, 4.69) is 15.9 Å². The van der Waals surface area contributed by atoms with Crippen LogP contribution in [0.3, 0.4) is 0 Å². The van der Waals surface area contributed by atoms with Crippen LogP contribution in [0.2, 0.25) is 5.02 Å². The van der Waals surface area contributed by atoms with Gasteiger partial charge in [-0.2, -0.15) is 0 Å². The minimum Gasteiger partial charge on any atom is -0.486 e. The van der Waals surface area contributed by atoms with Gasteiger partial charge in [0.15, 0.2) is 5.75 Å². The molecule has 0 aliphatic carbocycles. The first-order valence-electron chi connectivity index (χ1n) is 5.58. The summed E-state index contributed by atoms with van der Waals surface area (Å²) in [4.78, 5) is -0.231. The fourth-order valence-electron chi connectivity index (χ4n) is 1.59. The highest BCUT2D eigenvalue weighted by Crippen LogP contribution is 2.37. The fourth-order valence-corrected chi connectivity index (χ4v) is 3.67. The maximum atomic E-state index is 12.8. The van der Waals surface area contributed by atoms with Crippen molar-refractivity contribution in [2.24, 2.45) is 0 Å². The molecule has 0 spiro atoms. The molecule has 0 saturated carbocycles. The van der Waals surface area contributed by atoms with E-state index in [0.29, 0.717) is 10.0 Å². The van der Waals surface area contributed by atoms with Gasteiger partial charge in [0.05, 0.1) is 5.02 Å². The minimum atomic E-state index is -4.02. The first kappa shape index (κ1) is 16.5. The van der Waals surface area contributed by atoms with Gasteiger partial charge in [-0.3, -0.25) is 0 Å². The normalized spacial score (nSPS) is 11.4. The van der Waals surface area contributed by atoms with E-state index in [-0.39, 0.29) is 28.1 Å². The molecule has 8 heteroatoms. The maximum Gasteiger partial charge on any atom is 0.265 e. The van der Waals surface area contributed by atoms with Crippen molar-refractivity contribution in [2.75, 3.05) is 0 Å². The van der Waals surface area contributed by atoms with E-state index in [1.807, 2.05) is 0 Å². The molecule has 3 nitrogen and oxygen atoms in total. The molecule has 0 unspecified atom stereocenters. The Bertz CT molecular complexity index is 764. The number of hydrogen-bond acceptors (Lipinski definition) is 3. The first-order chi connectivity index (χ1) is 9.77. The van der Waals surface area contributed by atoms with E-state index in [1.165, 1.54) is 36.4 Å². The van der Waals surface area contributed by atoms with E-state index in [0.717, 1.165) is 0 Å². The van der Waals surface area contributed by atoms with Crippen LogP contribution in [0.4, 0.5) is 4.39 Å². The zero-order valence-corrected chi connectivity index (χ0v) is 14.2. The van der Waals surface area contributed by atoms with Crippen molar-refractivity contribution >= 4 is 47.3 Å². The summed E-state index contributed by atoms with van der Waals surface area (Å²) in [7, 11) is 1.36. The Labute approximate surface area is 139 Å². The predicted octanol–water partition coefficient (Wildman–Crippen LogP) is 4.75. The summed E-state index contributed by atoms with van der Waals surface area (Å²) in [6.45, 7) is 0.0288. The van der Waals surface area contributed by atoms with Crippen molar-refractivity contribution in [2.45, 2.75) is 11.5 Å². The number of halogens is 4. The molecule has 0 aromatic heterocycles. The molecule has 0 aliphatic heterocycles.